The fraction of sp³-hybridized carbons (Fsp3) is 0.808. The van der Waals surface area contributed by atoms with Crippen LogP contribution in [-0.4, -0.2) is 67.7 Å². The van der Waals surface area contributed by atoms with Gasteiger partial charge >= 0.3 is 17.9 Å². The van der Waals surface area contributed by atoms with Gasteiger partial charge in [0.05, 0.1) is 18.4 Å². The molecule has 1 heterocycles. The van der Waals surface area contributed by atoms with Crippen molar-refractivity contribution in [2.75, 3.05) is 26.4 Å². The number of hydrogen-bond donors (Lipinski definition) is 2. The van der Waals surface area contributed by atoms with Crippen LogP contribution in [0.1, 0.15) is 96.8 Å². The average Bonchev–Trinajstić information content (AvgIpc) is 2.92. The lowest BCUT2D eigenvalue weighted by atomic mass is 9.92. The number of aliphatic hydroxyl groups excluding tert-OH is 1. The van der Waals surface area contributed by atoms with E-state index in [-0.39, 0.29) is 13.0 Å². The molecule has 37 heavy (non-hydrogen) atoms. The number of hydrogen-bond acceptors (Lipinski definition) is 9. The van der Waals surface area contributed by atoms with Crippen LogP contribution in [0.4, 0.5) is 0 Å². The van der Waals surface area contributed by atoms with E-state index >= 15 is 0 Å². The second-order valence-corrected chi connectivity index (χ2v) is 11.4. The van der Waals surface area contributed by atoms with Crippen LogP contribution >= 0.6 is 0 Å². The lowest BCUT2D eigenvalue weighted by Crippen LogP contribution is -2.42. The molecular weight excluding hydrogens is 504 g/mol. The number of unbranched alkanes of at least 4 members (excludes halogenated alkanes) is 10. The van der Waals surface area contributed by atoms with Gasteiger partial charge in [-0.1, -0.05) is 64.0 Å². The van der Waals surface area contributed by atoms with Crippen LogP contribution < -0.4 is 0 Å². The Balaban J connectivity index is 2.27. The van der Waals surface area contributed by atoms with Gasteiger partial charge in [-0.25, -0.2) is 0 Å². The third kappa shape index (κ3) is 14.5. The Morgan fingerprint density at radius 3 is 2.14 bits per heavy atom. The third-order valence-corrected chi connectivity index (χ3v) is 7.38. The van der Waals surface area contributed by atoms with Gasteiger partial charge in [0.2, 0.25) is 0 Å². The molecule has 0 spiro atoms. The number of cyclic esters (lactones) is 2. The highest BCUT2D eigenvalue weighted by atomic mass is 32.2. The number of rotatable bonds is 18. The molecular formula is C26H44O10S. The molecule has 10 nitrogen and oxygen atoms in total. The van der Waals surface area contributed by atoms with Gasteiger partial charge < -0.3 is 19.3 Å². The quantitative estimate of drug-likeness (QED) is 0.0847. The van der Waals surface area contributed by atoms with Gasteiger partial charge in [-0.3, -0.25) is 18.9 Å². The Bertz CT molecular complexity index is 823. The van der Waals surface area contributed by atoms with Crippen molar-refractivity contribution >= 4 is 28.0 Å². The number of allylic oxidation sites excluding steroid dienone is 2. The van der Waals surface area contributed by atoms with E-state index in [1.165, 1.54) is 32.1 Å². The van der Waals surface area contributed by atoms with E-state index in [9.17, 15) is 27.9 Å². The van der Waals surface area contributed by atoms with Crippen molar-refractivity contribution in [2.45, 2.75) is 102 Å². The van der Waals surface area contributed by atoms with E-state index in [0.717, 1.165) is 38.5 Å². The first-order valence-corrected chi connectivity index (χ1v) is 14.8. The minimum atomic E-state index is -4.89. The molecule has 0 amide bonds. The molecule has 1 rings (SSSR count). The summed E-state index contributed by atoms with van der Waals surface area (Å²) in [5.74, 6) is -2.91. The van der Waals surface area contributed by atoms with Crippen molar-refractivity contribution in [3.8, 4) is 0 Å². The van der Waals surface area contributed by atoms with Crippen molar-refractivity contribution in [3.05, 3.63) is 12.2 Å². The standard InChI is InChI=1S/C26H44O10S/c1-2-3-4-5-6-7-8-9-10-11-12-13-14-15-16-23(28)34-19-26(18-27)20-35-24(29)17-22(37(31,32)33)25(30)36-21-26/h8-9,22,27H,2-7,10-21H2,1H3,(H,31,32,33)/b9-8-. The normalized spacial score (nSPS) is 21.1. The van der Waals surface area contributed by atoms with Gasteiger partial charge in [-0.15, -0.1) is 0 Å². The molecule has 1 aliphatic rings. The van der Waals surface area contributed by atoms with E-state index in [2.05, 4.69) is 19.1 Å². The predicted molar refractivity (Wildman–Crippen MR) is 137 cm³/mol. The highest BCUT2D eigenvalue weighted by molar-refractivity contribution is 7.87. The van der Waals surface area contributed by atoms with Gasteiger partial charge in [0, 0.05) is 6.42 Å². The molecule has 0 aromatic rings. The van der Waals surface area contributed by atoms with E-state index < -0.39 is 64.9 Å². The van der Waals surface area contributed by atoms with Crippen LogP contribution in [0.25, 0.3) is 0 Å². The summed E-state index contributed by atoms with van der Waals surface area (Å²) >= 11 is 0. The van der Waals surface area contributed by atoms with Crippen molar-refractivity contribution in [1.29, 1.82) is 0 Å². The zero-order chi connectivity index (χ0) is 27.6. The van der Waals surface area contributed by atoms with Gasteiger partial charge in [0.15, 0.2) is 5.25 Å². The Hall–Kier alpha value is -1.98. The number of carbonyl (C=O) groups is 3. The van der Waals surface area contributed by atoms with Crippen LogP contribution in [0.15, 0.2) is 12.2 Å². The second-order valence-electron chi connectivity index (χ2n) is 9.78. The monoisotopic (exact) mass is 548 g/mol. The number of carbonyl (C=O) groups excluding carboxylic acids is 3. The molecule has 2 atom stereocenters. The molecule has 1 aliphatic heterocycles. The molecule has 0 radical (unpaired) electrons. The first kappa shape index (κ1) is 33.0. The first-order valence-electron chi connectivity index (χ1n) is 13.3. The van der Waals surface area contributed by atoms with Crippen LogP contribution in [0, 0.1) is 5.41 Å². The van der Waals surface area contributed by atoms with Crippen molar-refractivity contribution in [2.24, 2.45) is 5.41 Å². The lowest BCUT2D eigenvalue weighted by Gasteiger charge is -2.29. The average molecular weight is 549 g/mol. The molecule has 2 unspecified atom stereocenters. The van der Waals surface area contributed by atoms with Gasteiger partial charge in [-0.2, -0.15) is 8.42 Å². The molecule has 0 aliphatic carbocycles. The maximum Gasteiger partial charge on any atom is 0.327 e. The fourth-order valence-corrected chi connectivity index (χ4v) is 4.46. The molecule has 2 N–H and O–H groups in total. The van der Waals surface area contributed by atoms with E-state index in [1.54, 1.807) is 0 Å². The number of esters is 3. The molecule has 11 heteroatoms. The number of ether oxygens (including phenoxy) is 3. The summed E-state index contributed by atoms with van der Waals surface area (Å²) in [5, 5.41) is 7.71. The molecule has 0 aromatic carbocycles. The predicted octanol–water partition coefficient (Wildman–Crippen LogP) is 3.90. The Labute approximate surface area is 220 Å². The summed E-state index contributed by atoms with van der Waals surface area (Å²) in [5.41, 5.74) is -1.43. The van der Waals surface area contributed by atoms with E-state index in [4.69, 9.17) is 18.8 Å². The highest BCUT2D eigenvalue weighted by Gasteiger charge is 2.42. The van der Waals surface area contributed by atoms with Gasteiger partial charge in [-0.05, 0) is 32.1 Å². The molecule has 1 fully saturated rings. The van der Waals surface area contributed by atoms with Crippen LogP contribution in [0.3, 0.4) is 0 Å². The molecule has 0 bridgehead atoms. The SMILES string of the molecule is CCCCCCC/C=C\CCCCCCCC(=O)OCC1(CO)COC(=O)CC(S(=O)(=O)O)C(=O)OC1. The molecule has 0 saturated carbocycles. The number of aliphatic hydroxyl groups is 1. The lowest BCUT2D eigenvalue weighted by molar-refractivity contribution is -0.161. The minimum absolute atomic E-state index is 0.184. The summed E-state index contributed by atoms with van der Waals surface area (Å²) in [6.07, 6.45) is 17.2. The Morgan fingerprint density at radius 2 is 1.54 bits per heavy atom. The molecule has 1 saturated heterocycles. The summed E-state index contributed by atoms with van der Waals surface area (Å²) in [4.78, 5) is 36.1. The minimum Gasteiger partial charge on any atom is -0.465 e. The smallest absolute Gasteiger partial charge is 0.327 e. The zero-order valence-corrected chi connectivity index (χ0v) is 22.8. The van der Waals surface area contributed by atoms with Gasteiger partial charge in [0.25, 0.3) is 10.1 Å². The zero-order valence-electron chi connectivity index (χ0n) is 22.0. The van der Waals surface area contributed by atoms with Crippen molar-refractivity contribution in [3.63, 3.8) is 0 Å². The third-order valence-electron chi connectivity index (χ3n) is 6.30. The first-order chi connectivity index (χ1) is 17.6. The summed E-state index contributed by atoms with van der Waals surface area (Å²) in [6.45, 7) is 0.182. The Kier molecular flexibility index (Phi) is 16.3. The van der Waals surface area contributed by atoms with Crippen molar-refractivity contribution < 1.29 is 46.7 Å². The van der Waals surface area contributed by atoms with E-state index in [1.807, 2.05) is 0 Å². The summed E-state index contributed by atoms with van der Waals surface area (Å²) in [7, 11) is -4.89. The van der Waals surface area contributed by atoms with Crippen LogP contribution in [0.5, 0.6) is 0 Å². The molecule has 214 valence electrons. The van der Waals surface area contributed by atoms with Crippen molar-refractivity contribution in [1.82, 2.24) is 0 Å². The Morgan fingerprint density at radius 1 is 0.973 bits per heavy atom. The maximum absolute atomic E-state index is 12.2. The van der Waals surface area contributed by atoms with Crippen LogP contribution in [0.2, 0.25) is 0 Å². The molecule has 0 aromatic heterocycles. The summed E-state index contributed by atoms with van der Waals surface area (Å²) < 4.78 is 47.0. The van der Waals surface area contributed by atoms with Gasteiger partial charge in [0.1, 0.15) is 19.8 Å². The summed E-state index contributed by atoms with van der Waals surface area (Å²) in [6, 6.07) is 0. The highest BCUT2D eigenvalue weighted by Crippen LogP contribution is 2.23. The second kappa shape index (κ2) is 18.3. The fourth-order valence-electron chi connectivity index (χ4n) is 3.80. The largest absolute Gasteiger partial charge is 0.465 e. The van der Waals surface area contributed by atoms with Crippen LogP contribution in [-0.2, 0) is 38.7 Å². The maximum atomic E-state index is 12.2. The van der Waals surface area contributed by atoms with E-state index in [0.29, 0.717) is 6.42 Å². The topological polar surface area (TPSA) is 154 Å².